The summed E-state index contributed by atoms with van der Waals surface area (Å²) in [6, 6.07) is 7.96. The molecule has 0 spiro atoms. The van der Waals surface area contributed by atoms with Crippen molar-refractivity contribution >= 4 is 23.2 Å². The Labute approximate surface area is 148 Å². The molecule has 0 aliphatic carbocycles. The van der Waals surface area contributed by atoms with Gasteiger partial charge in [0.15, 0.2) is 0 Å². The van der Waals surface area contributed by atoms with Crippen LogP contribution >= 0.6 is 0 Å². The van der Waals surface area contributed by atoms with E-state index in [-0.39, 0.29) is 11.4 Å². The van der Waals surface area contributed by atoms with Gasteiger partial charge >= 0.3 is 0 Å². The zero-order valence-electron chi connectivity index (χ0n) is 15.0. The van der Waals surface area contributed by atoms with Crippen LogP contribution in [0.1, 0.15) is 44.0 Å². The molecule has 132 valence electrons. The first-order valence-corrected chi connectivity index (χ1v) is 8.67. The number of amides is 1. The number of nitrogens with zero attached hydrogens (tertiary/aromatic N) is 3. The number of benzene rings is 1. The SMILES string of the molecule is CC(C)(C)Nc1ncc(C(=O)Nc2ccc(N3CCCC3)cc2)cn1. The van der Waals surface area contributed by atoms with Crippen molar-refractivity contribution in [3.63, 3.8) is 0 Å². The van der Waals surface area contributed by atoms with Gasteiger partial charge in [0.1, 0.15) is 0 Å². The summed E-state index contributed by atoms with van der Waals surface area (Å²) in [5, 5.41) is 6.06. The summed E-state index contributed by atoms with van der Waals surface area (Å²) in [7, 11) is 0. The molecule has 1 fully saturated rings. The molecular formula is C19H25N5O. The van der Waals surface area contributed by atoms with Gasteiger partial charge in [-0.05, 0) is 57.9 Å². The number of hydrogen-bond acceptors (Lipinski definition) is 5. The molecule has 0 saturated carbocycles. The van der Waals surface area contributed by atoms with E-state index in [0.717, 1.165) is 18.8 Å². The third kappa shape index (κ3) is 4.68. The van der Waals surface area contributed by atoms with Crippen LogP contribution in [0, 0.1) is 0 Å². The Morgan fingerprint density at radius 2 is 1.64 bits per heavy atom. The highest BCUT2D eigenvalue weighted by atomic mass is 16.1. The Morgan fingerprint density at radius 3 is 2.20 bits per heavy atom. The summed E-state index contributed by atoms with van der Waals surface area (Å²) in [4.78, 5) is 23.1. The third-order valence-electron chi connectivity index (χ3n) is 4.00. The summed E-state index contributed by atoms with van der Waals surface area (Å²) in [5.74, 6) is 0.301. The van der Waals surface area contributed by atoms with Crippen LogP contribution in [0.25, 0.3) is 0 Å². The molecule has 0 radical (unpaired) electrons. The molecule has 3 rings (SSSR count). The van der Waals surface area contributed by atoms with Gasteiger partial charge in [0.05, 0.1) is 5.56 Å². The van der Waals surface area contributed by atoms with Crippen molar-refractivity contribution in [2.75, 3.05) is 28.6 Å². The first kappa shape index (κ1) is 17.2. The highest BCUT2D eigenvalue weighted by Gasteiger charge is 2.14. The maximum absolute atomic E-state index is 12.3. The van der Waals surface area contributed by atoms with Crippen LogP contribution in [0.5, 0.6) is 0 Å². The predicted molar refractivity (Wildman–Crippen MR) is 101 cm³/mol. The van der Waals surface area contributed by atoms with Crippen molar-refractivity contribution in [2.24, 2.45) is 0 Å². The van der Waals surface area contributed by atoms with Crippen molar-refractivity contribution in [1.29, 1.82) is 0 Å². The zero-order valence-corrected chi connectivity index (χ0v) is 15.0. The molecule has 1 amide bonds. The van der Waals surface area contributed by atoms with E-state index < -0.39 is 0 Å². The van der Waals surface area contributed by atoms with Crippen molar-refractivity contribution in [1.82, 2.24) is 9.97 Å². The molecule has 0 bridgehead atoms. The Morgan fingerprint density at radius 1 is 1.04 bits per heavy atom. The van der Waals surface area contributed by atoms with Gasteiger partial charge < -0.3 is 15.5 Å². The van der Waals surface area contributed by atoms with Gasteiger partial charge in [0.25, 0.3) is 5.91 Å². The lowest BCUT2D eigenvalue weighted by Crippen LogP contribution is -2.27. The first-order chi connectivity index (χ1) is 11.9. The number of nitrogens with one attached hydrogen (secondary N) is 2. The first-order valence-electron chi connectivity index (χ1n) is 8.67. The van der Waals surface area contributed by atoms with E-state index in [9.17, 15) is 4.79 Å². The van der Waals surface area contributed by atoms with Gasteiger partial charge in [-0.1, -0.05) is 0 Å². The van der Waals surface area contributed by atoms with Crippen LogP contribution in [0.2, 0.25) is 0 Å². The normalized spacial score (nSPS) is 14.4. The average Bonchev–Trinajstić information content (AvgIpc) is 3.09. The highest BCUT2D eigenvalue weighted by molar-refractivity contribution is 6.03. The number of anilines is 3. The van der Waals surface area contributed by atoms with Crippen LogP contribution in [0.3, 0.4) is 0 Å². The lowest BCUT2D eigenvalue weighted by Gasteiger charge is -2.20. The second-order valence-corrected chi connectivity index (χ2v) is 7.37. The molecule has 6 heteroatoms. The van der Waals surface area contributed by atoms with Crippen molar-refractivity contribution in [3.05, 3.63) is 42.2 Å². The van der Waals surface area contributed by atoms with E-state index in [2.05, 4.69) is 25.5 Å². The molecular weight excluding hydrogens is 314 g/mol. The Hall–Kier alpha value is -2.63. The maximum atomic E-state index is 12.3. The molecule has 1 aromatic heterocycles. The number of rotatable bonds is 4. The third-order valence-corrected chi connectivity index (χ3v) is 4.00. The topological polar surface area (TPSA) is 70.2 Å². The van der Waals surface area contributed by atoms with Gasteiger partial charge in [-0.25, -0.2) is 9.97 Å². The van der Waals surface area contributed by atoms with Crippen LogP contribution in [-0.4, -0.2) is 34.5 Å². The van der Waals surface area contributed by atoms with Crippen LogP contribution in [-0.2, 0) is 0 Å². The minimum atomic E-state index is -0.212. The quantitative estimate of drug-likeness (QED) is 0.891. The van der Waals surface area contributed by atoms with Crippen LogP contribution < -0.4 is 15.5 Å². The molecule has 25 heavy (non-hydrogen) atoms. The van der Waals surface area contributed by atoms with Gasteiger partial charge in [0.2, 0.25) is 5.95 Å². The van der Waals surface area contributed by atoms with Gasteiger partial charge in [-0.3, -0.25) is 4.79 Å². The maximum Gasteiger partial charge on any atom is 0.258 e. The molecule has 0 unspecified atom stereocenters. The summed E-state index contributed by atoms with van der Waals surface area (Å²) >= 11 is 0. The number of hydrogen-bond donors (Lipinski definition) is 2. The van der Waals surface area contributed by atoms with Crippen LogP contribution in [0.4, 0.5) is 17.3 Å². The fourth-order valence-corrected chi connectivity index (χ4v) is 2.78. The summed E-state index contributed by atoms with van der Waals surface area (Å²) in [6.45, 7) is 8.31. The fourth-order valence-electron chi connectivity index (χ4n) is 2.78. The Bertz CT molecular complexity index is 713. The summed E-state index contributed by atoms with van der Waals surface area (Å²) in [6.07, 6.45) is 5.57. The van der Waals surface area contributed by atoms with E-state index in [1.54, 1.807) is 0 Å². The molecule has 2 N–H and O–H groups in total. The molecule has 2 aromatic rings. The highest BCUT2D eigenvalue weighted by Crippen LogP contribution is 2.22. The zero-order chi connectivity index (χ0) is 17.9. The van der Waals surface area contributed by atoms with Gasteiger partial charge in [0, 0.05) is 42.4 Å². The molecule has 2 heterocycles. The van der Waals surface area contributed by atoms with E-state index in [1.807, 2.05) is 45.0 Å². The van der Waals surface area contributed by atoms with E-state index >= 15 is 0 Å². The molecule has 1 aromatic carbocycles. The van der Waals surface area contributed by atoms with Crippen molar-refractivity contribution < 1.29 is 4.79 Å². The fraction of sp³-hybridized carbons (Fsp3) is 0.421. The standard InChI is InChI=1S/C19H25N5O/c1-19(2,3)23-18-20-12-14(13-21-18)17(25)22-15-6-8-16(9-7-15)24-10-4-5-11-24/h6-9,12-13H,4-5,10-11H2,1-3H3,(H,22,25)(H,20,21,23). The Balaban J connectivity index is 1.61. The monoisotopic (exact) mass is 339 g/mol. The lowest BCUT2D eigenvalue weighted by molar-refractivity contribution is 0.102. The Kier molecular flexibility index (Phi) is 4.88. The van der Waals surface area contributed by atoms with Crippen molar-refractivity contribution in [3.8, 4) is 0 Å². The number of carbonyl (C=O) groups excluding carboxylic acids is 1. The summed E-state index contributed by atoms with van der Waals surface area (Å²) < 4.78 is 0. The largest absolute Gasteiger partial charge is 0.372 e. The van der Waals surface area contributed by atoms with Crippen LogP contribution in [0.15, 0.2) is 36.7 Å². The van der Waals surface area contributed by atoms with Gasteiger partial charge in [-0.15, -0.1) is 0 Å². The second kappa shape index (κ2) is 7.09. The molecule has 1 saturated heterocycles. The second-order valence-electron chi connectivity index (χ2n) is 7.37. The van der Waals surface area contributed by atoms with E-state index in [0.29, 0.717) is 11.5 Å². The minimum absolute atomic E-state index is 0.124. The minimum Gasteiger partial charge on any atom is -0.372 e. The smallest absolute Gasteiger partial charge is 0.258 e. The molecule has 1 aliphatic rings. The predicted octanol–water partition coefficient (Wildman–Crippen LogP) is 3.54. The lowest BCUT2D eigenvalue weighted by atomic mass is 10.1. The molecule has 1 aliphatic heterocycles. The van der Waals surface area contributed by atoms with Crippen molar-refractivity contribution in [2.45, 2.75) is 39.2 Å². The van der Waals surface area contributed by atoms with E-state index in [1.165, 1.54) is 30.9 Å². The number of aromatic nitrogens is 2. The number of carbonyl (C=O) groups is 1. The van der Waals surface area contributed by atoms with E-state index in [4.69, 9.17) is 0 Å². The molecule has 6 nitrogen and oxygen atoms in total. The van der Waals surface area contributed by atoms with Gasteiger partial charge in [-0.2, -0.15) is 0 Å². The molecule has 0 atom stereocenters. The average molecular weight is 339 g/mol. The summed E-state index contributed by atoms with van der Waals surface area (Å²) in [5.41, 5.74) is 2.28.